The molecule has 1 unspecified atom stereocenters. The summed E-state index contributed by atoms with van der Waals surface area (Å²) in [6.45, 7) is 0.497. The number of nitrogens with zero attached hydrogens (tertiary/aromatic N) is 3. The third kappa shape index (κ3) is 2.40. The Morgan fingerprint density at radius 1 is 1.60 bits per heavy atom. The van der Waals surface area contributed by atoms with E-state index in [0.717, 1.165) is 6.42 Å². The average molecular weight is 275 g/mol. The van der Waals surface area contributed by atoms with Gasteiger partial charge in [-0.25, -0.2) is 0 Å². The van der Waals surface area contributed by atoms with Gasteiger partial charge in [0, 0.05) is 18.2 Å². The number of benzene rings is 1. The van der Waals surface area contributed by atoms with Crippen LogP contribution in [0.2, 0.25) is 0 Å². The van der Waals surface area contributed by atoms with Gasteiger partial charge in [0.1, 0.15) is 6.04 Å². The Bertz CT molecular complexity index is 594. The topological polar surface area (TPSA) is 96.5 Å². The maximum atomic E-state index is 12.3. The average Bonchev–Trinajstić information content (AvgIpc) is 2.94. The van der Waals surface area contributed by atoms with E-state index in [4.69, 9.17) is 10.00 Å². The van der Waals surface area contributed by atoms with E-state index in [1.54, 1.807) is 0 Å². The fraction of sp³-hybridized carbons (Fsp3) is 0.385. The second-order valence-electron chi connectivity index (χ2n) is 4.43. The molecule has 0 bridgehead atoms. The van der Waals surface area contributed by atoms with Crippen LogP contribution >= 0.6 is 0 Å². The SMILES string of the molecule is COc1ccc(C(=O)N2CCCC2C#N)cc1[N+](=O)[O-]. The van der Waals surface area contributed by atoms with E-state index in [9.17, 15) is 14.9 Å². The van der Waals surface area contributed by atoms with Crippen molar-refractivity contribution < 1.29 is 14.5 Å². The van der Waals surface area contributed by atoms with Crippen LogP contribution in [0.4, 0.5) is 5.69 Å². The van der Waals surface area contributed by atoms with Gasteiger partial charge in [0.2, 0.25) is 0 Å². The third-order valence-electron chi connectivity index (χ3n) is 3.29. The summed E-state index contributed by atoms with van der Waals surface area (Å²) in [7, 11) is 1.33. The Balaban J connectivity index is 2.34. The highest BCUT2D eigenvalue weighted by molar-refractivity contribution is 5.95. The molecule has 0 aromatic heterocycles. The number of hydrogen-bond acceptors (Lipinski definition) is 5. The standard InChI is InChI=1S/C13H13N3O4/c1-20-12-5-4-9(7-11(12)16(18)19)13(17)15-6-2-3-10(15)8-14/h4-5,7,10H,2-3,6H2,1H3. The minimum absolute atomic E-state index is 0.102. The maximum absolute atomic E-state index is 12.3. The zero-order chi connectivity index (χ0) is 14.7. The predicted molar refractivity (Wildman–Crippen MR) is 69.3 cm³/mol. The van der Waals surface area contributed by atoms with E-state index in [1.807, 2.05) is 0 Å². The summed E-state index contributed by atoms with van der Waals surface area (Å²) in [6.07, 6.45) is 1.41. The molecular formula is C13H13N3O4. The molecule has 1 amide bonds. The molecular weight excluding hydrogens is 262 g/mol. The van der Waals surface area contributed by atoms with Crippen molar-refractivity contribution in [3.63, 3.8) is 0 Å². The highest BCUT2D eigenvalue weighted by atomic mass is 16.6. The Kier molecular flexibility index (Phi) is 3.84. The van der Waals surface area contributed by atoms with Gasteiger partial charge >= 0.3 is 5.69 Å². The van der Waals surface area contributed by atoms with Crippen molar-refractivity contribution in [2.75, 3.05) is 13.7 Å². The molecule has 0 aliphatic carbocycles. The quantitative estimate of drug-likeness (QED) is 0.618. The van der Waals surface area contributed by atoms with Crippen molar-refractivity contribution >= 4 is 11.6 Å². The van der Waals surface area contributed by atoms with E-state index in [0.29, 0.717) is 13.0 Å². The van der Waals surface area contributed by atoms with Crippen molar-refractivity contribution in [2.24, 2.45) is 0 Å². The molecule has 0 radical (unpaired) electrons. The van der Waals surface area contributed by atoms with Gasteiger partial charge in [-0.1, -0.05) is 0 Å². The fourth-order valence-corrected chi connectivity index (χ4v) is 2.28. The second kappa shape index (κ2) is 5.57. The molecule has 7 heteroatoms. The van der Waals surface area contributed by atoms with Crippen LogP contribution in [0.5, 0.6) is 5.75 Å². The van der Waals surface area contributed by atoms with Crippen molar-refractivity contribution in [1.82, 2.24) is 4.90 Å². The van der Waals surface area contributed by atoms with Crippen LogP contribution in [-0.2, 0) is 0 Å². The number of likely N-dealkylation sites (tertiary alicyclic amines) is 1. The zero-order valence-electron chi connectivity index (χ0n) is 10.9. The van der Waals surface area contributed by atoms with Gasteiger partial charge in [0.15, 0.2) is 5.75 Å². The largest absolute Gasteiger partial charge is 0.490 e. The van der Waals surface area contributed by atoms with Crippen LogP contribution in [0.1, 0.15) is 23.2 Å². The minimum atomic E-state index is -0.596. The van der Waals surface area contributed by atoms with Crippen molar-refractivity contribution in [2.45, 2.75) is 18.9 Å². The number of amides is 1. The minimum Gasteiger partial charge on any atom is -0.490 e. The van der Waals surface area contributed by atoms with Crippen LogP contribution in [0.3, 0.4) is 0 Å². The van der Waals surface area contributed by atoms with E-state index in [1.165, 1.54) is 30.2 Å². The van der Waals surface area contributed by atoms with Gasteiger partial charge in [0.05, 0.1) is 18.1 Å². The molecule has 1 aliphatic rings. The van der Waals surface area contributed by atoms with Crippen molar-refractivity contribution in [1.29, 1.82) is 5.26 Å². The van der Waals surface area contributed by atoms with Gasteiger partial charge in [-0.15, -0.1) is 0 Å². The number of nitriles is 1. The summed E-state index contributed by atoms with van der Waals surface area (Å²) in [6, 6.07) is 5.67. The molecule has 2 rings (SSSR count). The molecule has 1 saturated heterocycles. The Morgan fingerprint density at radius 3 is 2.95 bits per heavy atom. The molecule has 1 aromatic carbocycles. The Labute approximate surface area is 115 Å². The highest BCUT2D eigenvalue weighted by Crippen LogP contribution is 2.29. The lowest BCUT2D eigenvalue weighted by Gasteiger charge is -2.19. The molecule has 0 saturated carbocycles. The molecule has 1 heterocycles. The van der Waals surface area contributed by atoms with Crippen LogP contribution in [-0.4, -0.2) is 35.4 Å². The van der Waals surface area contributed by atoms with Gasteiger partial charge in [-0.05, 0) is 25.0 Å². The summed E-state index contributed by atoms with van der Waals surface area (Å²) in [5.74, 6) is -0.260. The molecule has 1 atom stereocenters. The number of nitro groups is 1. The first-order chi connectivity index (χ1) is 9.58. The number of hydrogen-bond donors (Lipinski definition) is 0. The molecule has 104 valence electrons. The summed E-state index contributed by atoms with van der Waals surface area (Å²) in [5, 5.41) is 19.9. The lowest BCUT2D eigenvalue weighted by Crippen LogP contribution is -2.34. The van der Waals surface area contributed by atoms with E-state index in [2.05, 4.69) is 6.07 Å². The fourth-order valence-electron chi connectivity index (χ4n) is 2.28. The lowest BCUT2D eigenvalue weighted by atomic mass is 10.1. The van der Waals surface area contributed by atoms with Crippen LogP contribution in [0.15, 0.2) is 18.2 Å². The molecule has 20 heavy (non-hydrogen) atoms. The second-order valence-corrected chi connectivity index (χ2v) is 4.43. The number of ether oxygens (including phenoxy) is 1. The van der Waals surface area contributed by atoms with Gasteiger partial charge in [-0.2, -0.15) is 5.26 Å². The molecule has 0 spiro atoms. The number of carbonyl (C=O) groups is 1. The van der Waals surface area contributed by atoms with Crippen LogP contribution < -0.4 is 4.74 Å². The molecule has 0 N–H and O–H groups in total. The number of carbonyl (C=O) groups excluding carboxylic acids is 1. The van der Waals surface area contributed by atoms with Gasteiger partial charge in [-0.3, -0.25) is 14.9 Å². The van der Waals surface area contributed by atoms with Crippen molar-refractivity contribution in [3.05, 3.63) is 33.9 Å². The molecule has 1 aromatic rings. The number of nitro benzene ring substituents is 1. The third-order valence-corrected chi connectivity index (χ3v) is 3.29. The molecule has 1 fully saturated rings. The van der Waals surface area contributed by atoms with Crippen LogP contribution in [0, 0.1) is 21.4 Å². The Morgan fingerprint density at radius 2 is 2.35 bits per heavy atom. The molecule has 7 nitrogen and oxygen atoms in total. The van der Waals surface area contributed by atoms with Crippen LogP contribution in [0.25, 0.3) is 0 Å². The normalized spacial score (nSPS) is 17.6. The number of rotatable bonds is 3. The van der Waals surface area contributed by atoms with Gasteiger partial charge in [0.25, 0.3) is 5.91 Å². The predicted octanol–water partition coefficient (Wildman–Crippen LogP) is 1.73. The summed E-state index contributed by atoms with van der Waals surface area (Å²) < 4.78 is 4.89. The van der Waals surface area contributed by atoms with Gasteiger partial charge < -0.3 is 9.64 Å². The first kappa shape index (κ1) is 13.8. The summed E-state index contributed by atoms with van der Waals surface area (Å²) in [5.41, 5.74) is -0.0642. The number of methoxy groups -OCH3 is 1. The first-order valence-corrected chi connectivity index (χ1v) is 6.11. The highest BCUT2D eigenvalue weighted by Gasteiger charge is 2.30. The zero-order valence-corrected chi connectivity index (χ0v) is 10.9. The smallest absolute Gasteiger partial charge is 0.311 e. The Hall–Kier alpha value is -2.62. The molecule has 1 aliphatic heterocycles. The van der Waals surface area contributed by atoms with E-state index < -0.39 is 11.0 Å². The maximum Gasteiger partial charge on any atom is 0.311 e. The monoisotopic (exact) mass is 275 g/mol. The van der Waals surface area contributed by atoms with E-state index in [-0.39, 0.29) is 22.9 Å². The summed E-state index contributed by atoms with van der Waals surface area (Å²) >= 11 is 0. The lowest BCUT2D eigenvalue weighted by molar-refractivity contribution is -0.385. The first-order valence-electron chi connectivity index (χ1n) is 6.11. The summed E-state index contributed by atoms with van der Waals surface area (Å²) in [4.78, 5) is 24.1. The van der Waals surface area contributed by atoms with Crippen molar-refractivity contribution in [3.8, 4) is 11.8 Å². The van der Waals surface area contributed by atoms with E-state index >= 15 is 0 Å².